The molecule has 1 atom stereocenters. The molecule has 1 aliphatic rings. The van der Waals surface area contributed by atoms with Crippen molar-refractivity contribution in [1.82, 2.24) is 9.88 Å². The summed E-state index contributed by atoms with van der Waals surface area (Å²) in [5.41, 5.74) is 0.139. The summed E-state index contributed by atoms with van der Waals surface area (Å²) >= 11 is 0. The Morgan fingerprint density at radius 2 is 1.90 bits per heavy atom. The second-order valence-corrected chi connectivity index (χ2v) is 5.93. The van der Waals surface area contributed by atoms with Crippen molar-refractivity contribution in [2.45, 2.75) is 45.1 Å². The maximum Gasteiger partial charge on any atom is 0.310 e. The Labute approximate surface area is 125 Å². The molecule has 0 radical (unpaired) electrons. The molecule has 1 aromatic rings. The molecule has 1 saturated carbocycles. The second-order valence-electron chi connectivity index (χ2n) is 5.93. The van der Waals surface area contributed by atoms with Crippen LogP contribution in [-0.4, -0.2) is 33.9 Å². The van der Waals surface area contributed by atoms with Gasteiger partial charge >= 0.3 is 5.97 Å². The molecule has 1 amide bonds. The van der Waals surface area contributed by atoms with Crippen molar-refractivity contribution < 1.29 is 14.7 Å². The number of amides is 1. The highest BCUT2D eigenvalue weighted by molar-refractivity contribution is 5.85. The lowest BCUT2D eigenvalue weighted by Crippen LogP contribution is -2.37. The van der Waals surface area contributed by atoms with Gasteiger partial charge in [-0.25, -0.2) is 0 Å². The molecule has 2 rings (SSSR count). The molecule has 114 valence electrons. The number of hydrogen-bond donors (Lipinski definition) is 1. The number of carboxylic acids is 1. The van der Waals surface area contributed by atoms with Crippen LogP contribution in [0, 0.1) is 5.41 Å². The molecule has 5 heteroatoms. The molecule has 1 fully saturated rings. The minimum atomic E-state index is -0.858. The van der Waals surface area contributed by atoms with E-state index in [4.69, 9.17) is 0 Å². The van der Waals surface area contributed by atoms with Gasteiger partial charge in [0.1, 0.15) is 0 Å². The van der Waals surface area contributed by atoms with Crippen molar-refractivity contribution in [2.24, 2.45) is 5.41 Å². The van der Waals surface area contributed by atoms with Gasteiger partial charge in [-0.15, -0.1) is 0 Å². The third-order valence-corrected chi connectivity index (χ3v) is 4.67. The first-order chi connectivity index (χ1) is 9.96. The van der Waals surface area contributed by atoms with E-state index in [-0.39, 0.29) is 18.4 Å². The number of aliphatic carboxylic acids is 1. The van der Waals surface area contributed by atoms with Gasteiger partial charge in [0.05, 0.1) is 11.5 Å². The van der Waals surface area contributed by atoms with Crippen molar-refractivity contribution in [1.29, 1.82) is 0 Å². The minimum absolute atomic E-state index is 0.0900. The Morgan fingerprint density at radius 1 is 1.33 bits per heavy atom. The Hall–Kier alpha value is -1.91. The summed E-state index contributed by atoms with van der Waals surface area (Å²) in [6.07, 6.45) is 6.47. The average molecular weight is 290 g/mol. The van der Waals surface area contributed by atoms with Gasteiger partial charge in [0.25, 0.3) is 0 Å². The minimum Gasteiger partial charge on any atom is -0.481 e. The van der Waals surface area contributed by atoms with E-state index < -0.39 is 11.4 Å². The van der Waals surface area contributed by atoms with Gasteiger partial charge in [0.2, 0.25) is 5.91 Å². The number of aromatic nitrogens is 1. The average Bonchev–Trinajstić information content (AvgIpc) is 2.96. The molecule has 1 unspecified atom stereocenters. The van der Waals surface area contributed by atoms with E-state index >= 15 is 0 Å². The Bertz CT molecular complexity index is 510. The Morgan fingerprint density at radius 3 is 2.43 bits per heavy atom. The van der Waals surface area contributed by atoms with Gasteiger partial charge in [-0.2, -0.15) is 0 Å². The fourth-order valence-corrected chi connectivity index (χ4v) is 3.01. The number of rotatable bonds is 5. The SMILES string of the molecule is CC(c1ccncc1)N(C)C(=O)CC1(C(=O)O)CCCC1. The lowest BCUT2D eigenvalue weighted by atomic mass is 9.82. The normalized spacial score (nSPS) is 18.2. The van der Waals surface area contributed by atoms with Crippen molar-refractivity contribution in [3.8, 4) is 0 Å². The van der Waals surface area contributed by atoms with E-state index in [0.29, 0.717) is 12.8 Å². The van der Waals surface area contributed by atoms with Crippen LogP contribution in [0.5, 0.6) is 0 Å². The van der Waals surface area contributed by atoms with Crippen LogP contribution >= 0.6 is 0 Å². The zero-order chi connectivity index (χ0) is 15.5. The topological polar surface area (TPSA) is 70.5 Å². The van der Waals surface area contributed by atoms with E-state index in [0.717, 1.165) is 18.4 Å². The lowest BCUT2D eigenvalue weighted by Gasteiger charge is -2.30. The molecule has 5 nitrogen and oxygen atoms in total. The van der Waals surface area contributed by atoms with Gasteiger partial charge in [-0.1, -0.05) is 12.8 Å². The highest BCUT2D eigenvalue weighted by atomic mass is 16.4. The maximum absolute atomic E-state index is 12.5. The standard InChI is InChI=1S/C16H22N2O3/c1-12(13-5-9-17-10-6-13)18(2)14(19)11-16(15(20)21)7-3-4-8-16/h5-6,9-10,12H,3-4,7-8,11H2,1-2H3,(H,20,21). The third-order valence-electron chi connectivity index (χ3n) is 4.67. The van der Waals surface area contributed by atoms with Crippen LogP contribution in [0.1, 0.15) is 50.6 Å². The summed E-state index contributed by atoms with van der Waals surface area (Å²) in [6, 6.07) is 3.65. The third kappa shape index (κ3) is 3.23. The number of pyridine rings is 1. The van der Waals surface area contributed by atoms with Gasteiger partial charge in [-0.05, 0) is 37.5 Å². The van der Waals surface area contributed by atoms with Crippen molar-refractivity contribution >= 4 is 11.9 Å². The first-order valence-corrected chi connectivity index (χ1v) is 7.35. The zero-order valence-electron chi connectivity index (χ0n) is 12.6. The van der Waals surface area contributed by atoms with Crippen molar-refractivity contribution in [3.05, 3.63) is 30.1 Å². The fourth-order valence-electron chi connectivity index (χ4n) is 3.01. The van der Waals surface area contributed by atoms with Crippen LogP contribution in [0.25, 0.3) is 0 Å². The lowest BCUT2D eigenvalue weighted by molar-refractivity contribution is -0.153. The summed E-state index contributed by atoms with van der Waals surface area (Å²) in [7, 11) is 1.73. The largest absolute Gasteiger partial charge is 0.481 e. The molecule has 0 aliphatic heterocycles. The first-order valence-electron chi connectivity index (χ1n) is 7.35. The summed E-state index contributed by atoms with van der Waals surface area (Å²) in [5, 5.41) is 9.47. The molecule has 0 spiro atoms. The number of carboxylic acid groups (broad SMARTS) is 1. The summed E-state index contributed by atoms with van der Waals surface area (Å²) in [4.78, 5) is 29.6. The molecule has 1 aromatic heterocycles. The molecule has 0 bridgehead atoms. The van der Waals surface area contributed by atoms with E-state index in [2.05, 4.69) is 4.98 Å². The first kappa shape index (κ1) is 15.5. The van der Waals surface area contributed by atoms with E-state index in [1.165, 1.54) is 0 Å². The summed E-state index contributed by atoms with van der Waals surface area (Å²) in [5.74, 6) is -0.943. The van der Waals surface area contributed by atoms with E-state index in [1.807, 2.05) is 19.1 Å². The number of nitrogens with zero attached hydrogens (tertiary/aromatic N) is 2. The second kappa shape index (κ2) is 6.24. The molecule has 21 heavy (non-hydrogen) atoms. The fraction of sp³-hybridized carbons (Fsp3) is 0.562. The van der Waals surface area contributed by atoms with E-state index in [9.17, 15) is 14.7 Å². The van der Waals surface area contributed by atoms with Crippen LogP contribution in [0.15, 0.2) is 24.5 Å². The van der Waals surface area contributed by atoms with Crippen LogP contribution in [0.3, 0.4) is 0 Å². The number of carbonyl (C=O) groups is 2. The Balaban J connectivity index is 2.07. The van der Waals surface area contributed by atoms with E-state index in [1.54, 1.807) is 24.3 Å². The zero-order valence-corrected chi connectivity index (χ0v) is 12.6. The summed E-state index contributed by atoms with van der Waals surface area (Å²) in [6.45, 7) is 1.94. The quantitative estimate of drug-likeness (QED) is 0.905. The maximum atomic E-state index is 12.5. The van der Waals surface area contributed by atoms with Gasteiger partial charge in [0, 0.05) is 25.9 Å². The number of hydrogen-bond acceptors (Lipinski definition) is 3. The Kier molecular flexibility index (Phi) is 4.60. The van der Waals surface area contributed by atoms with Gasteiger partial charge in [0.15, 0.2) is 0 Å². The predicted octanol–water partition coefficient (Wildman–Crippen LogP) is 2.64. The predicted molar refractivity (Wildman–Crippen MR) is 78.6 cm³/mol. The highest BCUT2D eigenvalue weighted by Gasteiger charge is 2.43. The van der Waals surface area contributed by atoms with Crippen LogP contribution < -0.4 is 0 Å². The molecule has 1 aliphatic carbocycles. The highest BCUT2D eigenvalue weighted by Crippen LogP contribution is 2.42. The molecule has 1 heterocycles. The number of carbonyl (C=O) groups excluding carboxylic acids is 1. The smallest absolute Gasteiger partial charge is 0.310 e. The van der Waals surface area contributed by atoms with Crippen LogP contribution in [-0.2, 0) is 9.59 Å². The van der Waals surface area contributed by atoms with Crippen LogP contribution in [0.2, 0.25) is 0 Å². The van der Waals surface area contributed by atoms with Crippen molar-refractivity contribution in [3.63, 3.8) is 0 Å². The molecular formula is C16H22N2O3. The van der Waals surface area contributed by atoms with Gasteiger partial charge < -0.3 is 10.0 Å². The van der Waals surface area contributed by atoms with Gasteiger partial charge in [-0.3, -0.25) is 14.6 Å². The van der Waals surface area contributed by atoms with Crippen molar-refractivity contribution in [2.75, 3.05) is 7.05 Å². The monoisotopic (exact) mass is 290 g/mol. The molecule has 0 saturated heterocycles. The molecular weight excluding hydrogens is 268 g/mol. The van der Waals surface area contributed by atoms with Crippen LogP contribution in [0.4, 0.5) is 0 Å². The summed E-state index contributed by atoms with van der Waals surface area (Å²) < 4.78 is 0. The molecule has 1 N–H and O–H groups in total. The molecule has 0 aromatic carbocycles.